The van der Waals surface area contributed by atoms with Gasteiger partial charge in [-0.05, 0) is 42.0 Å². The van der Waals surface area contributed by atoms with Crippen LogP contribution in [0.2, 0.25) is 0 Å². The Morgan fingerprint density at radius 3 is 2.75 bits per heavy atom. The fraction of sp³-hybridized carbons (Fsp3) is 0.455. The van der Waals surface area contributed by atoms with Gasteiger partial charge in [-0.2, -0.15) is 11.8 Å². The topological polar surface area (TPSA) is 76.2 Å². The van der Waals surface area contributed by atoms with E-state index in [1.165, 1.54) is 5.56 Å². The summed E-state index contributed by atoms with van der Waals surface area (Å²) in [4.78, 5) is 14.4. The lowest BCUT2D eigenvalue weighted by Gasteiger charge is -2.05. The fourth-order valence-electron chi connectivity index (χ4n) is 1.18. The van der Waals surface area contributed by atoms with Gasteiger partial charge >= 0.3 is 5.97 Å². The van der Waals surface area contributed by atoms with Crippen molar-refractivity contribution >= 4 is 17.7 Å². The molecule has 0 radical (unpaired) electrons. The monoisotopic (exact) mass is 240 g/mol. The van der Waals surface area contributed by atoms with Gasteiger partial charge < -0.3 is 10.8 Å². The second kappa shape index (κ2) is 7.24. The van der Waals surface area contributed by atoms with E-state index in [4.69, 9.17) is 10.8 Å². The molecule has 0 aromatic carbocycles. The van der Waals surface area contributed by atoms with E-state index in [-0.39, 0.29) is 0 Å². The molecule has 0 aliphatic carbocycles. The third-order valence-corrected chi connectivity index (χ3v) is 3.19. The number of hydrogen-bond donors (Lipinski definition) is 2. The zero-order chi connectivity index (χ0) is 11.8. The van der Waals surface area contributed by atoms with Crippen molar-refractivity contribution in [2.45, 2.75) is 18.9 Å². The smallest absolute Gasteiger partial charge is 0.320 e. The van der Waals surface area contributed by atoms with Crippen LogP contribution in [0.25, 0.3) is 0 Å². The van der Waals surface area contributed by atoms with Crippen molar-refractivity contribution in [1.82, 2.24) is 4.98 Å². The van der Waals surface area contributed by atoms with Crippen LogP contribution in [0.3, 0.4) is 0 Å². The number of hydrogen-bond acceptors (Lipinski definition) is 4. The van der Waals surface area contributed by atoms with Gasteiger partial charge in [0, 0.05) is 12.4 Å². The second-order valence-electron chi connectivity index (χ2n) is 3.45. The largest absolute Gasteiger partial charge is 0.480 e. The van der Waals surface area contributed by atoms with Gasteiger partial charge in [0.2, 0.25) is 0 Å². The maximum Gasteiger partial charge on any atom is 0.320 e. The highest BCUT2D eigenvalue weighted by atomic mass is 32.2. The lowest BCUT2D eigenvalue weighted by atomic mass is 10.2. The second-order valence-corrected chi connectivity index (χ2v) is 4.68. The van der Waals surface area contributed by atoms with Gasteiger partial charge in [-0.25, -0.2) is 0 Å². The third-order valence-electron chi connectivity index (χ3n) is 2.17. The van der Waals surface area contributed by atoms with Gasteiger partial charge in [0.1, 0.15) is 6.04 Å². The molecule has 1 rings (SSSR count). The predicted molar refractivity (Wildman–Crippen MR) is 65.5 cm³/mol. The highest BCUT2D eigenvalue weighted by molar-refractivity contribution is 7.99. The Kier molecular flexibility index (Phi) is 5.88. The molecule has 1 aromatic heterocycles. The molecule has 0 spiro atoms. The Morgan fingerprint density at radius 2 is 2.12 bits per heavy atom. The summed E-state index contributed by atoms with van der Waals surface area (Å²) in [6.07, 6.45) is 5.06. The highest BCUT2D eigenvalue weighted by Gasteiger charge is 2.09. The number of carboxylic acids is 1. The molecule has 0 bridgehead atoms. The lowest BCUT2D eigenvalue weighted by molar-refractivity contribution is -0.138. The summed E-state index contributed by atoms with van der Waals surface area (Å²) in [5.74, 6) is 0.851. The van der Waals surface area contributed by atoms with Crippen molar-refractivity contribution in [2.75, 3.05) is 11.5 Å². The molecule has 0 fully saturated rings. The zero-order valence-electron chi connectivity index (χ0n) is 9.00. The standard InChI is InChI=1S/C11H16N2O2S/c12-10(11(14)15)4-8-16-7-3-9-1-5-13-6-2-9/h1-2,5-6,10H,3-4,7-8,12H2,(H,14,15). The van der Waals surface area contributed by atoms with Gasteiger partial charge in [0.25, 0.3) is 0 Å². The normalized spacial score (nSPS) is 12.3. The minimum absolute atomic E-state index is 0.524. The SMILES string of the molecule is NC(CCSCCc1ccncc1)C(=O)O. The van der Waals surface area contributed by atoms with Crippen LogP contribution < -0.4 is 5.73 Å². The summed E-state index contributed by atoms with van der Waals surface area (Å²) < 4.78 is 0. The first kappa shape index (κ1) is 13.0. The molecule has 0 aliphatic heterocycles. The molecular formula is C11H16N2O2S. The highest BCUT2D eigenvalue weighted by Crippen LogP contribution is 2.08. The summed E-state index contributed by atoms with van der Waals surface area (Å²) in [6.45, 7) is 0. The van der Waals surface area contributed by atoms with Gasteiger partial charge in [0.05, 0.1) is 0 Å². The Morgan fingerprint density at radius 1 is 1.44 bits per heavy atom. The molecule has 16 heavy (non-hydrogen) atoms. The van der Waals surface area contributed by atoms with Crippen LogP contribution in [0.15, 0.2) is 24.5 Å². The first-order valence-electron chi connectivity index (χ1n) is 5.15. The van der Waals surface area contributed by atoms with E-state index in [0.29, 0.717) is 6.42 Å². The Labute approximate surface area is 99.3 Å². The first-order chi connectivity index (χ1) is 7.70. The van der Waals surface area contributed by atoms with E-state index in [2.05, 4.69) is 4.98 Å². The number of thioether (sulfide) groups is 1. The number of nitrogens with two attached hydrogens (primary N) is 1. The van der Waals surface area contributed by atoms with Crippen molar-refractivity contribution in [3.05, 3.63) is 30.1 Å². The van der Waals surface area contributed by atoms with Gasteiger partial charge in [-0.15, -0.1) is 0 Å². The van der Waals surface area contributed by atoms with Crippen molar-refractivity contribution in [2.24, 2.45) is 5.73 Å². The minimum atomic E-state index is -0.922. The van der Waals surface area contributed by atoms with E-state index in [9.17, 15) is 4.79 Å². The minimum Gasteiger partial charge on any atom is -0.480 e. The van der Waals surface area contributed by atoms with E-state index in [0.717, 1.165) is 17.9 Å². The van der Waals surface area contributed by atoms with Crippen molar-refractivity contribution in [3.63, 3.8) is 0 Å². The number of nitrogens with zero attached hydrogens (tertiary/aromatic N) is 1. The van der Waals surface area contributed by atoms with Gasteiger partial charge in [0.15, 0.2) is 0 Å². The van der Waals surface area contributed by atoms with E-state index >= 15 is 0 Å². The molecule has 1 unspecified atom stereocenters. The maximum atomic E-state index is 10.4. The van der Waals surface area contributed by atoms with Crippen molar-refractivity contribution < 1.29 is 9.90 Å². The Hall–Kier alpha value is -1.07. The molecule has 1 atom stereocenters. The summed E-state index contributed by atoms with van der Waals surface area (Å²) in [5.41, 5.74) is 6.64. The molecule has 0 amide bonds. The van der Waals surface area contributed by atoms with Crippen LogP contribution in [0.5, 0.6) is 0 Å². The summed E-state index contributed by atoms with van der Waals surface area (Å²) >= 11 is 1.73. The number of aromatic nitrogens is 1. The summed E-state index contributed by atoms with van der Waals surface area (Å²) in [5, 5.41) is 8.58. The first-order valence-corrected chi connectivity index (χ1v) is 6.30. The molecule has 4 nitrogen and oxygen atoms in total. The molecule has 0 saturated carbocycles. The lowest BCUT2D eigenvalue weighted by Crippen LogP contribution is -2.30. The summed E-state index contributed by atoms with van der Waals surface area (Å²) in [7, 11) is 0. The molecule has 0 aliphatic rings. The van der Waals surface area contributed by atoms with Crippen molar-refractivity contribution in [3.8, 4) is 0 Å². The molecule has 88 valence electrons. The summed E-state index contributed by atoms with van der Waals surface area (Å²) in [6, 6.07) is 3.25. The molecular weight excluding hydrogens is 224 g/mol. The van der Waals surface area contributed by atoms with Crippen molar-refractivity contribution in [1.29, 1.82) is 0 Å². The van der Waals surface area contributed by atoms with E-state index in [1.54, 1.807) is 24.2 Å². The van der Waals surface area contributed by atoms with Crippen LogP contribution in [0.1, 0.15) is 12.0 Å². The maximum absolute atomic E-state index is 10.4. The predicted octanol–water partition coefficient (Wildman–Crippen LogP) is 1.16. The average molecular weight is 240 g/mol. The Bertz CT molecular complexity index is 319. The quantitative estimate of drug-likeness (QED) is 0.699. The number of carbonyl (C=O) groups is 1. The van der Waals surface area contributed by atoms with Gasteiger partial charge in [-0.3, -0.25) is 9.78 Å². The number of aliphatic carboxylic acids is 1. The number of aryl methyl sites for hydroxylation is 1. The number of rotatable bonds is 7. The molecule has 1 heterocycles. The molecule has 3 N–H and O–H groups in total. The van der Waals surface area contributed by atoms with Crippen LogP contribution in [-0.4, -0.2) is 33.6 Å². The number of carboxylic acid groups (broad SMARTS) is 1. The average Bonchev–Trinajstić information content (AvgIpc) is 2.29. The fourth-order valence-corrected chi connectivity index (χ4v) is 2.18. The molecule has 0 saturated heterocycles. The zero-order valence-corrected chi connectivity index (χ0v) is 9.82. The van der Waals surface area contributed by atoms with Crippen LogP contribution >= 0.6 is 11.8 Å². The van der Waals surface area contributed by atoms with Crippen LogP contribution in [0, 0.1) is 0 Å². The van der Waals surface area contributed by atoms with Crippen LogP contribution in [0.4, 0.5) is 0 Å². The van der Waals surface area contributed by atoms with E-state index in [1.807, 2.05) is 12.1 Å². The van der Waals surface area contributed by atoms with Gasteiger partial charge in [-0.1, -0.05) is 0 Å². The van der Waals surface area contributed by atoms with Crippen LogP contribution in [-0.2, 0) is 11.2 Å². The Balaban J connectivity index is 2.07. The van der Waals surface area contributed by atoms with E-state index < -0.39 is 12.0 Å². The number of pyridine rings is 1. The molecule has 5 heteroatoms. The third kappa shape index (κ3) is 5.14. The molecule has 1 aromatic rings.